The summed E-state index contributed by atoms with van der Waals surface area (Å²) in [5.41, 5.74) is 0.401. The molecule has 0 aliphatic carbocycles. The molecule has 0 radical (unpaired) electrons. The van der Waals surface area contributed by atoms with E-state index in [0.717, 1.165) is 0 Å². The van der Waals surface area contributed by atoms with Gasteiger partial charge >= 0.3 is 11.9 Å². The molecule has 0 saturated carbocycles. The monoisotopic (exact) mass is 220 g/mol. The Morgan fingerprint density at radius 3 is 2.44 bits per heavy atom. The zero-order chi connectivity index (χ0) is 12.0. The van der Waals surface area contributed by atoms with Crippen LogP contribution in [0.4, 0.5) is 0 Å². The van der Waals surface area contributed by atoms with E-state index >= 15 is 0 Å². The average Bonchev–Trinajstić information content (AvgIpc) is 2.26. The molecule has 0 unspecified atom stereocenters. The van der Waals surface area contributed by atoms with Crippen LogP contribution in [0.2, 0.25) is 0 Å². The third kappa shape index (κ3) is 3.57. The van der Waals surface area contributed by atoms with Gasteiger partial charge in [-0.3, -0.25) is 4.79 Å². The van der Waals surface area contributed by atoms with E-state index in [4.69, 9.17) is 9.47 Å². The van der Waals surface area contributed by atoms with Gasteiger partial charge in [-0.2, -0.15) is 0 Å². The number of ether oxygens (including phenoxy) is 2. The number of hydrogen-bond acceptors (Lipinski definition) is 4. The highest BCUT2D eigenvalue weighted by Gasteiger charge is 2.06. The Balaban J connectivity index is 2.66. The Kier molecular flexibility index (Phi) is 4.27. The van der Waals surface area contributed by atoms with Gasteiger partial charge in [-0.25, -0.2) is 4.79 Å². The molecular formula is C12H12O4. The van der Waals surface area contributed by atoms with Crippen molar-refractivity contribution < 1.29 is 19.1 Å². The second kappa shape index (κ2) is 5.70. The van der Waals surface area contributed by atoms with Crippen LogP contribution in [0.3, 0.4) is 0 Å². The second-order valence-corrected chi connectivity index (χ2v) is 3.01. The molecule has 1 rings (SSSR count). The molecule has 0 bridgehead atoms. The molecule has 1 aromatic carbocycles. The fraction of sp³-hybridized carbons (Fsp3) is 0.167. The molecule has 4 heteroatoms. The van der Waals surface area contributed by atoms with Crippen LogP contribution in [-0.4, -0.2) is 18.5 Å². The lowest BCUT2D eigenvalue weighted by Gasteiger charge is -2.03. The van der Waals surface area contributed by atoms with Crippen molar-refractivity contribution in [2.45, 2.75) is 6.92 Å². The third-order valence-electron chi connectivity index (χ3n) is 1.68. The van der Waals surface area contributed by atoms with Gasteiger partial charge in [0.1, 0.15) is 12.4 Å². The number of carbonyl (C=O) groups is 2. The maximum atomic E-state index is 11.4. The van der Waals surface area contributed by atoms with E-state index in [1.165, 1.54) is 37.3 Å². The lowest BCUT2D eigenvalue weighted by atomic mass is 10.2. The molecule has 1 aromatic rings. The summed E-state index contributed by atoms with van der Waals surface area (Å²) in [5.74, 6) is -0.441. The Bertz CT molecular complexity index is 392. The molecule has 84 valence electrons. The average molecular weight is 220 g/mol. The molecule has 0 heterocycles. The normalized spacial score (nSPS) is 9.31. The Labute approximate surface area is 93.5 Å². The number of benzene rings is 1. The van der Waals surface area contributed by atoms with Crippen molar-refractivity contribution >= 4 is 11.9 Å². The molecule has 0 spiro atoms. The minimum absolute atomic E-state index is 0.171. The van der Waals surface area contributed by atoms with Crippen molar-refractivity contribution in [3.63, 3.8) is 0 Å². The molecule has 0 aliphatic heterocycles. The smallest absolute Gasteiger partial charge is 0.338 e. The van der Waals surface area contributed by atoms with E-state index in [1.807, 2.05) is 0 Å². The summed E-state index contributed by atoms with van der Waals surface area (Å²) in [6.07, 6.45) is 1.49. The lowest BCUT2D eigenvalue weighted by Crippen LogP contribution is -2.05. The summed E-state index contributed by atoms with van der Waals surface area (Å²) < 4.78 is 9.66. The van der Waals surface area contributed by atoms with Gasteiger partial charge < -0.3 is 9.47 Å². The van der Waals surface area contributed by atoms with Crippen LogP contribution in [0.15, 0.2) is 36.9 Å². The first-order valence-electron chi connectivity index (χ1n) is 4.70. The third-order valence-corrected chi connectivity index (χ3v) is 1.68. The van der Waals surface area contributed by atoms with Gasteiger partial charge in [0, 0.05) is 6.92 Å². The van der Waals surface area contributed by atoms with Crippen LogP contribution in [-0.2, 0) is 9.53 Å². The SMILES string of the molecule is C=CCOC(=O)c1ccc(OC(C)=O)cc1. The van der Waals surface area contributed by atoms with E-state index in [2.05, 4.69) is 6.58 Å². The summed E-state index contributed by atoms with van der Waals surface area (Å²) in [7, 11) is 0. The Morgan fingerprint density at radius 2 is 1.94 bits per heavy atom. The van der Waals surface area contributed by atoms with Crippen LogP contribution >= 0.6 is 0 Å². The molecule has 4 nitrogen and oxygen atoms in total. The van der Waals surface area contributed by atoms with Gasteiger partial charge in [0.25, 0.3) is 0 Å². The molecule has 16 heavy (non-hydrogen) atoms. The number of rotatable bonds is 4. The maximum absolute atomic E-state index is 11.4. The minimum Gasteiger partial charge on any atom is -0.458 e. The highest BCUT2D eigenvalue weighted by Crippen LogP contribution is 2.13. The molecule has 0 N–H and O–H groups in total. The van der Waals surface area contributed by atoms with Crippen LogP contribution in [0.1, 0.15) is 17.3 Å². The van der Waals surface area contributed by atoms with E-state index in [9.17, 15) is 9.59 Å². The second-order valence-electron chi connectivity index (χ2n) is 3.01. The molecule has 0 fully saturated rings. The molecule has 0 amide bonds. The van der Waals surface area contributed by atoms with Gasteiger partial charge in [-0.05, 0) is 24.3 Å². The number of hydrogen-bond donors (Lipinski definition) is 0. The van der Waals surface area contributed by atoms with Crippen molar-refractivity contribution in [1.82, 2.24) is 0 Å². The van der Waals surface area contributed by atoms with Crippen LogP contribution < -0.4 is 4.74 Å². The molecule has 0 atom stereocenters. The van der Waals surface area contributed by atoms with Crippen molar-refractivity contribution in [2.24, 2.45) is 0 Å². The van der Waals surface area contributed by atoms with Crippen molar-refractivity contribution in [1.29, 1.82) is 0 Å². The fourth-order valence-electron chi connectivity index (χ4n) is 1.04. The summed E-state index contributed by atoms with van der Waals surface area (Å²) in [5, 5.41) is 0. The topological polar surface area (TPSA) is 52.6 Å². The van der Waals surface area contributed by atoms with Crippen molar-refractivity contribution in [3.8, 4) is 5.75 Å². The first kappa shape index (κ1) is 12.0. The molecule has 0 aromatic heterocycles. The predicted octanol–water partition coefficient (Wildman–Crippen LogP) is 1.95. The van der Waals surface area contributed by atoms with Crippen LogP contribution in [0.5, 0.6) is 5.75 Å². The van der Waals surface area contributed by atoms with Crippen LogP contribution in [0, 0.1) is 0 Å². The predicted molar refractivity (Wildman–Crippen MR) is 58.2 cm³/mol. The van der Waals surface area contributed by atoms with Gasteiger partial charge in [-0.1, -0.05) is 12.7 Å². The van der Waals surface area contributed by atoms with Gasteiger partial charge in [0.2, 0.25) is 0 Å². The number of carbonyl (C=O) groups excluding carboxylic acids is 2. The van der Waals surface area contributed by atoms with Gasteiger partial charge in [-0.15, -0.1) is 0 Å². The lowest BCUT2D eigenvalue weighted by molar-refractivity contribution is -0.131. The highest BCUT2D eigenvalue weighted by molar-refractivity contribution is 5.89. The van der Waals surface area contributed by atoms with Gasteiger partial charge in [0.05, 0.1) is 5.56 Å². The highest BCUT2D eigenvalue weighted by atomic mass is 16.5. The van der Waals surface area contributed by atoms with Crippen molar-refractivity contribution in [2.75, 3.05) is 6.61 Å². The van der Waals surface area contributed by atoms with E-state index in [1.54, 1.807) is 0 Å². The Morgan fingerprint density at radius 1 is 1.31 bits per heavy atom. The van der Waals surface area contributed by atoms with E-state index in [-0.39, 0.29) is 6.61 Å². The number of esters is 2. The molecular weight excluding hydrogens is 208 g/mol. The van der Waals surface area contributed by atoms with E-state index < -0.39 is 11.9 Å². The summed E-state index contributed by atoms with van der Waals surface area (Å²) in [6.45, 7) is 4.92. The maximum Gasteiger partial charge on any atom is 0.338 e. The standard InChI is InChI=1S/C12H12O4/c1-3-8-15-12(14)10-4-6-11(7-5-10)16-9(2)13/h3-7H,1,8H2,2H3. The summed E-state index contributed by atoms with van der Waals surface area (Å²) in [4.78, 5) is 22.0. The largest absolute Gasteiger partial charge is 0.458 e. The molecule has 0 aliphatic rings. The molecule has 0 saturated heterocycles. The zero-order valence-corrected chi connectivity index (χ0v) is 8.93. The zero-order valence-electron chi connectivity index (χ0n) is 8.93. The summed E-state index contributed by atoms with van der Waals surface area (Å²) >= 11 is 0. The van der Waals surface area contributed by atoms with Gasteiger partial charge in [0.15, 0.2) is 0 Å². The first-order valence-corrected chi connectivity index (χ1v) is 4.70. The quantitative estimate of drug-likeness (QED) is 0.442. The first-order chi connectivity index (χ1) is 7.63. The fourth-order valence-corrected chi connectivity index (χ4v) is 1.04. The van der Waals surface area contributed by atoms with Crippen molar-refractivity contribution in [3.05, 3.63) is 42.5 Å². The Hall–Kier alpha value is -2.10. The summed E-state index contributed by atoms with van der Waals surface area (Å²) in [6, 6.07) is 6.13. The van der Waals surface area contributed by atoms with E-state index in [0.29, 0.717) is 11.3 Å². The van der Waals surface area contributed by atoms with Crippen LogP contribution in [0.25, 0.3) is 0 Å². The minimum atomic E-state index is -0.436.